The Bertz CT molecular complexity index is 156. The second-order valence-electron chi connectivity index (χ2n) is 2.97. The molecule has 1 unspecified atom stereocenters. The van der Waals surface area contributed by atoms with Crippen molar-refractivity contribution in [2.45, 2.75) is 33.1 Å². The molecule has 0 aliphatic carbocycles. The van der Waals surface area contributed by atoms with Gasteiger partial charge < -0.3 is 4.79 Å². The van der Waals surface area contributed by atoms with Crippen LogP contribution >= 0.6 is 0 Å². The van der Waals surface area contributed by atoms with Crippen LogP contribution < -0.4 is 0 Å². The fourth-order valence-corrected chi connectivity index (χ4v) is 0.843. The monoisotopic (exact) mass is 166 g/mol. The molecule has 68 valence electrons. The van der Waals surface area contributed by atoms with Gasteiger partial charge in [0.2, 0.25) is 0 Å². The van der Waals surface area contributed by atoms with E-state index in [0.717, 1.165) is 25.5 Å². The van der Waals surface area contributed by atoms with E-state index >= 15 is 0 Å². The van der Waals surface area contributed by atoms with Crippen molar-refractivity contribution in [3.8, 4) is 0 Å². The number of hydrogen-bond donors (Lipinski definition) is 0. The Hall–Kier alpha value is -0.850. The van der Waals surface area contributed by atoms with Crippen LogP contribution in [0.2, 0.25) is 0 Å². The van der Waals surface area contributed by atoms with Gasteiger partial charge in [-0.1, -0.05) is 31.2 Å². The summed E-state index contributed by atoms with van der Waals surface area (Å²) in [5.41, 5.74) is 0. The molecule has 0 N–H and O–H groups in total. The molecule has 0 amide bonds. The predicted molar refractivity (Wildman–Crippen MR) is 53.0 cm³/mol. The summed E-state index contributed by atoms with van der Waals surface area (Å²) < 4.78 is 0. The van der Waals surface area contributed by atoms with Gasteiger partial charge in [-0.15, -0.1) is 0 Å². The molecule has 0 rings (SSSR count). The van der Waals surface area contributed by atoms with Crippen LogP contribution in [-0.4, -0.2) is 6.29 Å². The minimum absolute atomic E-state index is 0.169. The summed E-state index contributed by atoms with van der Waals surface area (Å²) >= 11 is 0. The summed E-state index contributed by atoms with van der Waals surface area (Å²) in [6.45, 7) is 3.96. The minimum Gasteiger partial charge on any atom is -0.303 e. The van der Waals surface area contributed by atoms with E-state index in [1.807, 2.05) is 13.8 Å². The van der Waals surface area contributed by atoms with E-state index in [-0.39, 0.29) is 5.92 Å². The van der Waals surface area contributed by atoms with Gasteiger partial charge in [0.05, 0.1) is 0 Å². The lowest BCUT2D eigenvalue weighted by atomic mass is 10.1. The molecule has 0 aromatic rings. The molecule has 0 saturated carbocycles. The van der Waals surface area contributed by atoms with Gasteiger partial charge in [0.1, 0.15) is 6.29 Å². The summed E-state index contributed by atoms with van der Waals surface area (Å²) in [7, 11) is 0. The van der Waals surface area contributed by atoms with Gasteiger partial charge in [-0.2, -0.15) is 0 Å². The van der Waals surface area contributed by atoms with Gasteiger partial charge in [-0.3, -0.25) is 0 Å². The number of aldehydes is 1. The predicted octanol–water partition coefficient (Wildman–Crippen LogP) is 3.12. The molecule has 0 saturated heterocycles. The number of unbranched alkanes of at least 4 members (excludes halogenated alkanes) is 1. The maximum Gasteiger partial charge on any atom is 0.123 e. The summed E-state index contributed by atoms with van der Waals surface area (Å²) in [4.78, 5) is 10.2. The van der Waals surface area contributed by atoms with Crippen LogP contribution in [0.3, 0.4) is 0 Å². The Morgan fingerprint density at radius 2 is 1.83 bits per heavy atom. The smallest absolute Gasteiger partial charge is 0.123 e. The van der Waals surface area contributed by atoms with Crippen LogP contribution in [0.1, 0.15) is 33.1 Å². The summed E-state index contributed by atoms with van der Waals surface area (Å²) in [6, 6.07) is 0. The molecular formula is C11H18O. The summed E-state index contributed by atoms with van der Waals surface area (Å²) in [5.74, 6) is 0.169. The average Bonchev–Trinajstić information content (AvgIpc) is 2.10. The number of rotatable bonds is 6. The van der Waals surface area contributed by atoms with E-state index in [1.54, 1.807) is 0 Å². The highest BCUT2D eigenvalue weighted by atomic mass is 16.1. The van der Waals surface area contributed by atoms with Crippen LogP contribution in [-0.2, 0) is 4.79 Å². The second-order valence-corrected chi connectivity index (χ2v) is 2.97. The highest BCUT2D eigenvalue weighted by Gasteiger charge is 1.92. The normalized spacial score (nSPS) is 14.2. The van der Waals surface area contributed by atoms with Gasteiger partial charge in [-0.05, 0) is 26.2 Å². The Morgan fingerprint density at radius 3 is 2.42 bits per heavy atom. The van der Waals surface area contributed by atoms with Crippen molar-refractivity contribution < 1.29 is 4.79 Å². The van der Waals surface area contributed by atoms with Crippen molar-refractivity contribution in [1.82, 2.24) is 0 Å². The third-order valence-corrected chi connectivity index (χ3v) is 1.64. The first-order valence-electron chi connectivity index (χ1n) is 4.52. The van der Waals surface area contributed by atoms with E-state index in [0.29, 0.717) is 0 Å². The second kappa shape index (κ2) is 8.25. The fourth-order valence-electron chi connectivity index (χ4n) is 0.843. The zero-order valence-electron chi connectivity index (χ0n) is 7.99. The molecular weight excluding hydrogens is 148 g/mol. The summed E-state index contributed by atoms with van der Waals surface area (Å²) in [6.07, 6.45) is 12.5. The largest absolute Gasteiger partial charge is 0.303 e. The topological polar surface area (TPSA) is 17.1 Å². The first-order valence-corrected chi connectivity index (χ1v) is 4.52. The van der Waals surface area contributed by atoms with Crippen LogP contribution in [0.25, 0.3) is 0 Å². The molecule has 0 radical (unpaired) electrons. The fraction of sp³-hybridized carbons (Fsp3) is 0.545. The lowest BCUT2D eigenvalue weighted by Crippen LogP contribution is -1.91. The van der Waals surface area contributed by atoms with E-state index in [2.05, 4.69) is 24.3 Å². The molecule has 0 aromatic heterocycles. The Labute approximate surface area is 75.2 Å². The number of allylic oxidation sites excluding steroid dienone is 4. The summed E-state index contributed by atoms with van der Waals surface area (Å²) in [5, 5.41) is 0. The van der Waals surface area contributed by atoms with Gasteiger partial charge >= 0.3 is 0 Å². The standard InChI is InChI=1S/C11H18O/c1-3-4-5-6-7-8-9-11(2)10-12/h3-4,7-8,10-11H,5-6,9H2,1-2H3. The lowest BCUT2D eigenvalue weighted by Gasteiger charge is -1.94. The molecule has 1 nitrogen and oxygen atoms in total. The van der Waals surface area contributed by atoms with Crippen LogP contribution in [0.15, 0.2) is 24.3 Å². The molecule has 1 atom stereocenters. The van der Waals surface area contributed by atoms with E-state index in [1.165, 1.54) is 0 Å². The van der Waals surface area contributed by atoms with E-state index in [4.69, 9.17) is 0 Å². The number of carbonyl (C=O) groups is 1. The maximum absolute atomic E-state index is 10.2. The van der Waals surface area contributed by atoms with Crippen LogP contribution in [0.4, 0.5) is 0 Å². The maximum atomic E-state index is 10.2. The van der Waals surface area contributed by atoms with Crippen molar-refractivity contribution in [3.63, 3.8) is 0 Å². The lowest BCUT2D eigenvalue weighted by molar-refractivity contribution is -0.110. The molecule has 12 heavy (non-hydrogen) atoms. The zero-order valence-corrected chi connectivity index (χ0v) is 7.99. The van der Waals surface area contributed by atoms with Crippen molar-refractivity contribution in [3.05, 3.63) is 24.3 Å². The van der Waals surface area contributed by atoms with Crippen LogP contribution in [0.5, 0.6) is 0 Å². The molecule has 0 aromatic carbocycles. The Balaban J connectivity index is 3.30. The molecule has 1 heteroatoms. The molecule has 0 aliphatic heterocycles. The third-order valence-electron chi connectivity index (χ3n) is 1.64. The average molecular weight is 166 g/mol. The van der Waals surface area contributed by atoms with E-state index in [9.17, 15) is 4.79 Å². The highest BCUT2D eigenvalue weighted by Crippen LogP contribution is 2.00. The first kappa shape index (κ1) is 11.2. The molecule has 0 fully saturated rings. The van der Waals surface area contributed by atoms with E-state index < -0.39 is 0 Å². The first-order chi connectivity index (χ1) is 5.81. The van der Waals surface area contributed by atoms with Gasteiger partial charge in [0, 0.05) is 5.92 Å². The van der Waals surface area contributed by atoms with Crippen molar-refractivity contribution in [2.75, 3.05) is 0 Å². The van der Waals surface area contributed by atoms with Gasteiger partial charge in [0.25, 0.3) is 0 Å². The SMILES string of the molecule is CC=CCCC=CCC(C)C=O. The molecule has 0 spiro atoms. The number of carbonyl (C=O) groups excluding carboxylic acids is 1. The third kappa shape index (κ3) is 7.26. The Morgan fingerprint density at radius 1 is 1.17 bits per heavy atom. The van der Waals surface area contributed by atoms with Gasteiger partial charge in [0.15, 0.2) is 0 Å². The van der Waals surface area contributed by atoms with Crippen molar-refractivity contribution in [1.29, 1.82) is 0 Å². The van der Waals surface area contributed by atoms with Crippen LogP contribution in [0, 0.1) is 5.92 Å². The zero-order chi connectivity index (χ0) is 9.23. The highest BCUT2D eigenvalue weighted by molar-refractivity contribution is 5.52. The minimum atomic E-state index is 0.169. The quantitative estimate of drug-likeness (QED) is 0.336. The van der Waals surface area contributed by atoms with Crippen molar-refractivity contribution in [2.24, 2.45) is 5.92 Å². The molecule has 0 bridgehead atoms. The molecule has 0 aliphatic rings. The molecule has 0 heterocycles. The van der Waals surface area contributed by atoms with Crippen molar-refractivity contribution >= 4 is 6.29 Å². The number of hydrogen-bond acceptors (Lipinski definition) is 1. The Kier molecular flexibility index (Phi) is 7.66. The van der Waals surface area contributed by atoms with Gasteiger partial charge in [-0.25, -0.2) is 0 Å².